The lowest BCUT2D eigenvalue weighted by molar-refractivity contribution is 0.0915. The number of aryl methyl sites for hydroxylation is 4. The summed E-state index contributed by atoms with van der Waals surface area (Å²) in [6.07, 6.45) is 5.71. The number of carbonyl (C=O) groups excluding carboxylic acids is 1. The second-order valence-corrected chi connectivity index (χ2v) is 8.71. The second kappa shape index (κ2) is 7.07. The molecule has 1 saturated heterocycles. The molecule has 0 unspecified atom stereocenters. The molecule has 2 aliphatic rings. The van der Waals surface area contributed by atoms with Crippen molar-refractivity contribution in [1.82, 2.24) is 19.9 Å². The maximum absolute atomic E-state index is 13.5. The van der Waals surface area contributed by atoms with Crippen LogP contribution in [0.15, 0.2) is 10.7 Å². The Hall–Kier alpha value is -2.52. The molecule has 1 aliphatic carbocycles. The standard InChI is InChI=1S/C20H23N5O3S/c1-11-17(12(2)28-23-11)19(26)25(10-13-5-4-8-27-13)20-22-18-14-9-21-24(3)15(14)6-7-16(18)29-20/h9,13H,4-8,10H2,1-3H3/t13-/m1/s1. The molecule has 9 heteroatoms. The third-order valence-electron chi connectivity index (χ3n) is 5.73. The van der Waals surface area contributed by atoms with Crippen molar-refractivity contribution < 1.29 is 14.1 Å². The summed E-state index contributed by atoms with van der Waals surface area (Å²) in [5.74, 6) is 0.398. The number of fused-ring (bicyclic) bond motifs is 3. The molecule has 0 N–H and O–H groups in total. The molecule has 3 aromatic heterocycles. The molecule has 0 saturated carbocycles. The lowest BCUT2D eigenvalue weighted by atomic mass is 10.0. The number of carbonyl (C=O) groups is 1. The van der Waals surface area contributed by atoms with Crippen molar-refractivity contribution in [2.24, 2.45) is 7.05 Å². The van der Waals surface area contributed by atoms with Crippen molar-refractivity contribution in [1.29, 1.82) is 0 Å². The fraction of sp³-hybridized carbons (Fsp3) is 0.500. The number of rotatable bonds is 4. The predicted molar refractivity (Wildman–Crippen MR) is 108 cm³/mol. The van der Waals surface area contributed by atoms with Gasteiger partial charge in [-0.15, -0.1) is 11.3 Å². The zero-order valence-electron chi connectivity index (χ0n) is 16.8. The van der Waals surface area contributed by atoms with Gasteiger partial charge in [-0.25, -0.2) is 4.98 Å². The molecule has 1 amide bonds. The molecular formula is C20H23N5O3S. The summed E-state index contributed by atoms with van der Waals surface area (Å²) in [4.78, 5) is 21.4. The Labute approximate surface area is 172 Å². The molecule has 4 heterocycles. The van der Waals surface area contributed by atoms with E-state index in [1.54, 1.807) is 30.1 Å². The maximum atomic E-state index is 13.5. The SMILES string of the molecule is Cc1noc(C)c1C(=O)N(C[C@H]1CCCO1)c1nc2c(s1)CCc1c-2cnn1C. The van der Waals surface area contributed by atoms with Crippen molar-refractivity contribution in [3.8, 4) is 11.3 Å². The first-order chi connectivity index (χ1) is 14.0. The van der Waals surface area contributed by atoms with E-state index in [-0.39, 0.29) is 12.0 Å². The first-order valence-electron chi connectivity index (χ1n) is 9.90. The summed E-state index contributed by atoms with van der Waals surface area (Å²) in [6.45, 7) is 4.79. The van der Waals surface area contributed by atoms with Crippen LogP contribution in [-0.2, 0) is 24.6 Å². The smallest absolute Gasteiger partial charge is 0.265 e. The Morgan fingerprint density at radius 2 is 2.24 bits per heavy atom. The minimum Gasteiger partial charge on any atom is -0.376 e. The normalized spacial score (nSPS) is 18.0. The molecule has 0 bridgehead atoms. The van der Waals surface area contributed by atoms with Crippen molar-refractivity contribution in [3.63, 3.8) is 0 Å². The number of hydrogen-bond donors (Lipinski definition) is 0. The molecule has 1 atom stereocenters. The average Bonchev–Trinajstić information content (AvgIpc) is 3.47. The van der Waals surface area contributed by atoms with E-state index in [1.165, 1.54) is 10.6 Å². The first kappa shape index (κ1) is 18.5. The van der Waals surface area contributed by atoms with E-state index in [2.05, 4.69) is 10.3 Å². The van der Waals surface area contributed by atoms with Crippen molar-refractivity contribution in [3.05, 3.63) is 33.8 Å². The Balaban J connectivity index is 1.55. The van der Waals surface area contributed by atoms with Crippen LogP contribution >= 0.6 is 11.3 Å². The van der Waals surface area contributed by atoms with Gasteiger partial charge in [0, 0.05) is 29.8 Å². The summed E-state index contributed by atoms with van der Waals surface area (Å²) in [6, 6.07) is 0. The number of ether oxygens (including phenoxy) is 1. The summed E-state index contributed by atoms with van der Waals surface area (Å²) in [5.41, 5.74) is 4.32. The van der Waals surface area contributed by atoms with Gasteiger partial charge in [0.25, 0.3) is 5.91 Å². The van der Waals surface area contributed by atoms with Gasteiger partial charge >= 0.3 is 0 Å². The lowest BCUT2D eigenvalue weighted by Gasteiger charge is -2.23. The van der Waals surface area contributed by atoms with Gasteiger partial charge in [-0.2, -0.15) is 5.10 Å². The number of thiazole rings is 1. The van der Waals surface area contributed by atoms with Crippen molar-refractivity contribution in [2.45, 2.75) is 45.6 Å². The maximum Gasteiger partial charge on any atom is 0.265 e. The molecule has 5 rings (SSSR count). The second-order valence-electron chi connectivity index (χ2n) is 7.65. The molecule has 1 aliphatic heterocycles. The third-order valence-corrected chi connectivity index (χ3v) is 6.86. The Bertz CT molecular complexity index is 1060. The fourth-order valence-corrected chi connectivity index (χ4v) is 5.27. The van der Waals surface area contributed by atoms with E-state index in [0.717, 1.165) is 43.5 Å². The highest BCUT2D eigenvalue weighted by atomic mass is 32.1. The van der Waals surface area contributed by atoms with Crippen LogP contribution in [0.25, 0.3) is 11.3 Å². The largest absolute Gasteiger partial charge is 0.376 e. The van der Waals surface area contributed by atoms with Crippen molar-refractivity contribution >= 4 is 22.4 Å². The summed E-state index contributed by atoms with van der Waals surface area (Å²) < 4.78 is 13.0. The minimum atomic E-state index is -0.130. The highest BCUT2D eigenvalue weighted by molar-refractivity contribution is 7.16. The van der Waals surface area contributed by atoms with Crippen molar-refractivity contribution in [2.75, 3.05) is 18.1 Å². The van der Waals surface area contributed by atoms with Gasteiger partial charge in [0.05, 0.1) is 30.2 Å². The summed E-state index contributed by atoms with van der Waals surface area (Å²) in [7, 11) is 1.96. The highest BCUT2D eigenvalue weighted by Crippen LogP contribution is 2.40. The van der Waals surface area contributed by atoms with E-state index in [1.807, 2.05) is 17.9 Å². The van der Waals surface area contributed by atoms with E-state index >= 15 is 0 Å². The number of amides is 1. The van der Waals surface area contributed by atoms with Gasteiger partial charge in [-0.1, -0.05) is 5.16 Å². The monoisotopic (exact) mass is 413 g/mol. The molecule has 3 aromatic rings. The van der Waals surface area contributed by atoms with Gasteiger partial charge in [-0.05, 0) is 39.5 Å². The molecule has 8 nitrogen and oxygen atoms in total. The molecule has 0 aromatic carbocycles. The Kier molecular flexibility index (Phi) is 4.51. The van der Waals surface area contributed by atoms with Crippen LogP contribution in [0.2, 0.25) is 0 Å². The molecular weight excluding hydrogens is 390 g/mol. The van der Waals surface area contributed by atoms with E-state index in [0.29, 0.717) is 28.7 Å². The van der Waals surface area contributed by atoms with Gasteiger partial charge in [0.1, 0.15) is 11.3 Å². The number of anilines is 1. The lowest BCUT2D eigenvalue weighted by Crippen LogP contribution is -2.38. The summed E-state index contributed by atoms with van der Waals surface area (Å²) in [5, 5.41) is 9.06. The van der Waals surface area contributed by atoms with E-state index in [4.69, 9.17) is 14.2 Å². The highest BCUT2D eigenvalue weighted by Gasteiger charge is 2.32. The topological polar surface area (TPSA) is 86.3 Å². The van der Waals surface area contributed by atoms with Crippen LogP contribution in [-0.4, -0.2) is 45.1 Å². The average molecular weight is 414 g/mol. The van der Waals surface area contributed by atoms with Crippen LogP contribution in [0.4, 0.5) is 5.13 Å². The molecule has 0 spiro atoms. The number of hydrogen-bond acceptors (Lipinski definition) is 7. The molecule has 1 fully saturated rings. The van der Waals surface area contributed by atoms with Crippen LogP contribution in [0.3, 0.4) is 0 Å². The van der Waals surface area contributed by atoms with Crippen LogP contribution < -0.4 is 4.90 Å². The predicted octanol–water partition coefficient (Wildman–Crippen LogP) is 3.07. The summed E-state index contributed by atoms with van der Waals surface area (Å²) >= 11 is 1.59. The molecule has 152 valence electrons. The third kappa shape index (κ3) is 3.08. The van der Waals surface area contributed by atoms with Crippen LogP contribution in [0, 0.1) is 13.8 Å². The van der Waals surface area contributed by atoms with Gasteiger partial charge in [-0.3, -0.25) is 14.4 Å². The molecule has 0 radical (unpaired) electrons. The van der Waals surface area contributed by atoms with E-state index in [9.17, 15) is 4.79 Å². The number of nitrogens with zero attached hydrogens (tertiary/aromatic N) is 5. The Morgan fingerprint density at radius 1 is 1.38 bits per heavy atom. The van der Waals surface area contributed by atoms with Crippen LogP contribution in [0.1, 0.15) is 45.2 Å². The van der Waals surface area contributed by atoms with E-state index < -0.39 is 0 Å². The minimum absolute atomic E-state index is 0.0225. The quantitative estimate of drug-likeness (QED) is 0.653. The first-order valence-corrected chi connectivity index (χ1v) is 10.7. The van der Waals surface area contributed by atoms with Gasteiger partial charge in [0.15, 0.2) is 5.13 Å². The molecule has 29 heavy (non-hydrogen) atoms. The zero-order valence-corrected chi connectivity index (χ0v) is 17.6. The number of aromatic nitrogens is 4. The van der Waals surface area contributed by atoms with Crippen LogP contribution in [0.5, 0.6) is 0 Å². The zero-order chi connectivity index (χ0) is 20.1. The van der Waals surface area contributed by atoms with Gasteiger partial charge in [0.2, 0.25) is 0 Å². The Morgan fingerprint density at radius 3 is 2.97 bits per heavy atom. The fourth-order valence-electron chi connectivity index (χ4n) is 4.19. The van der Waals surface area contributed by atoms with Gasteiger partial charge < -0.3 is 9.26 Å².